The van der Waals surface area contributed by atoms with E-state index in [1.807, 2.05) is 0 Å². The lowest BCUT2D eigenvalue weighted by Crippen LogP contribution is -2.55. The minimum Gasteiger partial charge on any atom is -0.395 e. The summed E-state index contributed by atoms with van der Waals surface area (Å²) in [5.41, 5.74) is 0. The number of piperidine rings is 2. The van der Waals surface area contributed by atoms with Crippen LogP contribution in [0.15, 0.2) is 0 Å². The predicted octanol–water partition coefficient (Wildman–Crippen LogP) is 0.113. The molecule has 0 aliphatic carbocycles. The van der Waals surface area contributed by atoms with Crippen molar-refractivity contribution < 1.29 is 13.5 Å². The highest BCUT2D eigenvalue weighted by Crippen LogP contribution is 2.31. The van der Waals surface area contributed by atoms with E-state index in [2.05, 4.69) is 11.9 Å². The predicted molar refractivity (Wildman–Crippen MR) is 70.8 cm³/mol. The Morgan fingerprint density at radius 1 is 1.33 bits per heavy atom. The van der Waals surface area contributed by atoms with E-state index in [0.717, 1.165) is 25.8 Å². The smallest absolute Gasteiger partial charge is 0.218 e. The van der Waals surface area contributed by atoms with Crippen LogP contribution in [-0.2, 0) is 10.0 Å². The number of hydrogen-bond donors (Lipinski definition) is 1. The molecular weight excluding hydrogens is 252 g/mol. The molecule has 1 N–H and O–H groups in total. The summed E-state index contributed by atoms with van der Waals surface area (Å²) in [4.78, 5) is 2.37. The highest BCUT2D eigenvalue weighted by molar-refractivity contribution is 7.89. The summed E-state index contributed by atoms with van der Waals surface area (Å²) < 4.78 is 26.0. The summed E-state index contributed by atoms with van der Waals surface area (Å²) in [5.74, 6) is 0.457. The van der Waals surface area contributed by atoms with Gasteiger partial charge in [0.2, 0.25) is 10.0 Å². The number of rotatable bonds is 3. The minimum absolute atomic E-state index is 0.299. The molecule has 106 valence electrons. The molecule has 2 fully saturated rings. The zero-order valence-electron chi connectivity index (χ0n) is 11.2. The van der Waals surface area contributed by atoms with Gasteiger partial charge in [0.05, 0.1) is 11.9 Å². The zero-order valence-corrected chi connectivity index (χ0v) is 12.1. The highest BCUT2D eigenvalue weighted by Gasteiger charge is 2.39. The molecule has 5 nitrogen and oxygen atoms in total. The molecule has 0 aromatic heterocycles. The Hall–Kier alpha value is -0.170. The van der Waals surface area contributed by atoms with E-state index in [4.69, 9.17) is 5.11 Å². The first-order valence-electron chi connectivity index (χ1n) is 6.77. The lowest BCUT2D eigenvalue weighted by Gasteiger charge is -2.45. The first kappa shape index (κ1) is 14.2. The maximum Gasteiger partial charge on any atom is 0.218 e. The van der Waals surface area contributed by atoms with Crippen molar-refractivity contribution in [2.24, 2.45) is 5.92 Å². The van der Waals surface area contributed by atoms with Crippen molar-refractivity contribution in [2.75, 3.05) is 33.3 Å². The summed E-state index contributed by atoms with van der Waals surface area (Å²) in [6.07, 6.45) is 3.19. The zero-order chi connectivity index (χ0) is 13.3. The first-order chi connectivity index (χ1) is 8.46. The van der Waals surface area contributed by atoms with Crippen LogP contribution in [0.1, 0.15) is 26.2 Å². The van der Waals surface area contributed by atoms with Crippen LogP contribution in [0.5, 0.6) is 0 Å². The van der Waals surface area contributed by atoms with Crippen LogP contribution < -0.4 is 0 Å². The molecule has 3 unspecified atom stereocenters. The quantitative estimate of drug-likeness (QED) is 0.795. The molecule has 3 atom stereocenters. The van der Waals surface area contributed by atoms with E-state index < -0.39 is 15.3 Å². The maximum absolute atomic E-state index is 12.2. The largest absolute Gasteiger partial charge is 0.395 e. The second kappa shape index (κ2) is 5.45. The van der Waals surface area contributed by atoms with Crippen molar-refractivity contribution in [3.8, 4) is 0 Å². The molecule has 18 heavy (non-hydrogen) atoms. The summed E-state index contributed by atoms with van der Waals surface area (Å²) in [6, 6.07) is 0.537. The Labute approximate surface area is 110 Å². The molecule has 0 spiro atoms. The van der Waals surface area contributed by atoms with Crippen LogP contribution in [0, 0.1) is 5.92 Å². The van der Waals surface area contributed by atoms with Crippen LogP contribution in [0.2, 0.25) is 0 Å². The molecule has 0 amide bonds. The summed E-state index contributed by atoms with van der Waals surface area (Å²) in [6.45, 7) is 3.63. The van der Waals surface area contributed by atoms with Crippen LogP contribution in [0.25, 0.3) is 0 Å². The van der Waals surface area contributed by atoms with Crippen LogP contribution in [-0.4, -0.2) is 67.3 Å². The summed E-state index contributed by atoms with van der Waals surface area (Å²) in [5, 5.41) is 8.38. The van der Waals surface area contributed by atoms with Gasteiger partial charge in [0, 0.05) is 19.1 Å². The average Bonchev–Trinajstić information content (AvgIpc) is 2.37. The summed E-state index contributed by atoms with van der Waals surface area (Å²) >= 11 is 0. The van der Waals surface area contributed by atoms with E-state index in [1.165, 1.54) is 0 Å². The van der Waals surface area contributed by atoms with Gasteiger partial charge in [0.1, 0.15) is 0 Å². The number of hydrogen-bond acceptors (Lipinski definition) is 4. The normalized spacial score (nSPS) is 33.1. The van der Waals surface area contributed by atoms with Crippen molar-refractivity contribution in [2.45, 2.75) is 37.5 Å². The van der Waals surface area contributed by atoms with Gasteiger partial charge < -0.3 is 10.0 Å². The molecule has 2 rings (SSSR count). The fraction of sp³-hybridized carbons (Fsp3) is 1.00. The van der Waals surface area contributed by atoms with Crippen LogP contribution >= 0.6 is 0 Å². The van der Waals surface area contributed by atoms with Crippen molar-refractivity contribution in [3.05, 3.63) is 0 Å². The lowest BCUT2D eigenvalue weighted by atomic mass is 9.85. The van der Waals surface area contributed by atoms with Crippen molar-refractivity contribution in [1.82, 2.24) is 9.21 Å². The average molecular weight is 276 g/mol. The number of fused-ring (bicyclic) bond motifs is 1. The molecule has 6 heteroatoms. The van der Waals surface area contributed by atoms with E-state index in [-0.39, 0.29) is 6.61 Å². The Kier molecular flexibility index (Phi) is 4.31. The number of sulfonamides is 1. The van der Waals surface area contributed by atoms with E-state index in [1.54, 1.807) is 11.2 Å². The standard InChI is InChI=1S/C12H24N2O3S/c1-10(9-15)18(16,17)14-7-5-12-11(8-14)4-3-6-13(12)2/h10-12,15H,3-9H2,1-2H3. The molecule has 2 heterocycles. The Bertz CT molecular complexity index is 385. The highest BCUT2D eigenvalue weighted by atomic mass is 32.2. The maximum atomic E-state index is 12.2. The van der Waals surface area contributed by atoms with Gasteiger partial charge in [-0.15, -0.1) is 0 Å². The van der Waals surface area contributed by atoms with Gasteiger partial charge in [-0.25, -0.2) is 12.7 Å². The van der Waals surface area contributed by atoms with Gasteiger partial charge in [-0.3, -0.25) is 0 Å². The number of aliphatic hydroxyl groups excluding tert-OH is 1. The molecule has 0 aromatic rings. The lowest BCUT2D eigenvalue weighted by molar-refractivity contribution is 0.0666. The van der Waals surface area contributed by atoms with Gasteiger partial charge in [0.15, 0.2) is 0 Å². The molecule has 2 aliphatic heterocycles. The molecular formula is C12H24N2O3S. The van der Waals surface area contributed by atoms with Gasteiger partial charge in [-0.2, -0.15) is 0 Å². The Balaban J connectivity index is 2.07. The molecule has 0 bridgehead atoms. The van der Waals surface area contributed by atoms with Gasteiger partial charge in [-0.1, -0.05) is 0 Å². The van der Waals surface area contributed by atoms with E-state index >= 15 is 0 Å². The Morgan fingerprint density at radius 3 is 2.72 bits per heavy atom. The van der Waals surface area contributed by atoms with E-state index in [0.29, 0.717) is 25.0 Å². The molecule has 0 saturated carbocycles. The minimum atomic E-state index is -3.32. The van der Waals surface area contributed by atoms with Crippen LogP contribution in [0.4, 0.5) is 0 Å². The fourth-order valence-corrected chi connectivity index (χ4v) is 4.66. The third kappa shape index (κ3) is 2.57. The van der Waals surface area contributed by atoms with Gasteiger partial charge in [0.25, 0.3) is 0 Å². The second-order valence-corrected chi connectivity index (χ2v) is 7.99. The van der Waals surface area contributed by atoms with E-state index in [9.17, 15) is 8.42 Å². The first-order valence-corrected chi connectivity index (χ1v) is 8.27. The topological polar surface area (TPSA) is 60.9 Å². The van der Waals surface area contributed by atoms with Gasteiger partial charge in [-0.05, 0) is 45.7 Å². The monoisotopic (exact) mass is 276 g/mol. The molecule has 2 aliphatic rings. The Morgan fingerprint density at radius 2 is 2.06 bits per heavy atom. The molecule has 0 aromatic carbocycles. The SMILES string of the molecule is CC(CO)S(=O)(=O)N1CCC2C(CCCN2C)C1. The van der Waals surface area contributed by atoms with Crippen molar-refractivity contribution in [1.29, 1.82) is 0 Å². The summed E-state index contributed by atoms with van der Waals surface area (Å²) in [7, 11) is -1.18. The number of nitrogens with zero attached hydrogens (tertiary/aromatic N) is 2. The number of likely N-dealkylation sites (tertiary alicyclic amines) is 1. The molecule has 2 saturated heterocycles. The second-order valence-electron chi connectivity index (χ2n) is 5.64. The molecule has 0 radical (unpaired) electrons. The number of aliphatic hydroxyl groups is 1. The van der Waals surface area contributed by atoms with Crippen molar-refractivity contribution >= 4 is 10.0 Å². The van der Waals surface area contributed by atoms with Crippen molar-refractivity contribution in [3.63, 3.8) is 0 Å². The third-order valence-electron chi connectivity index (χ3n) is 4.43. The fourth-order valence-electron chi connectivity index (χ4n) is 3.20. The van der Waals surface area contributed by atoms with Crippen LogP contribution in [0.3, 0.4) is 0 Å². The van der Waals surface area contributed by atoms with Gasteiger partial charge >= 0.3 is 0 Å². The third-order valence-corrected chi connectivity index (χ3v) is 6.65.